The van der Waals surface area contributed by atoms with Crippen LogP contribution in [0.15, 0.2) is 152 Å². The van der Waals surface area contributed by atoms with E-state index in [0.717, 1.165) is 17.1 Å². The molecule has 1 aliphatic rings. The maximum absolute atomic E-state index is 4.44. The van der Waals surface area contributed by atoms with E-state index in [-0.39, 0.29) is 5.41 Å². The molecule has 218 valence electrons. The number of rotatable bonds is 4. The van der Waals surface area contributed by atoms with Gasteiger partial charge in [-0.1, -0.05) is 111 Å². The summed E-state index contributed by atoms with van der Waals surface area (Å²) in [6.45, 7) is 4.68. The van der Waals surface area contributed by atoms with Gasteiger partial charge in [-0.2, -0.15) is 0 Å². The Bertz CT molecular complexity index is 2420. The number of para-hydroxylation sites is 2. The molecule has 0 aliphatic heterocycles. The van der Waals surface area contributed by atoms with Gasteiger partial charge in [-0.3, -0.25) is 0 Å². The van der Waals surface area contributed by atoms with Crippen LogP contribution in [0.5, 0.6) is 0 Å². The Morgan fingerprint density at radius 1 is 0.478 bits per heavy atom. The maximum Gasteiger partial charge on any atom is 0.159 e. The van der Waals surface area contributed by atoms with Crippen molar-refractivity contribution < 1.29 is 0 Å². The maximum atomic E-state index is 4.44. The Kier molecular flexibility index (Phi) is 5.85. The second-order valence-corrected chi connectivity index (χ2v) is 12.7. The lowest BCUT2D eigenvalue weighted by Crippen LogP contribution is -2.14. The van der Waals surface area contributed by atoms with Gasteiger partial charge in [0.2, 0.25) is 0 Å². The van der Waals surface area contributed by atoms with Crippen molar-refractivity contribution in [2.75, 3.05) is 0 Å². The van der Waals surface area contributed by atoms with Crippen molar-refractivity contribution in [3.63, 3.8) is 0 Å². The summed E-state index contributed by atoms with van der Waals surface area (Å²) in [6, 6.07) is 50.6. The van der Waals surface area contributed by atoms with Crippen molar-refractivity contribution in [1.29, 1.82) is 0 Å². The van der Waals surface area contributed by atoms with Gasteiger partial charge in [-0.05, 0) is 81.4 Å². The first-order valence-corrected chi connectivity index (χ1v) is 15.8. The summed E-state index contributed by atoms with van der Waals surface area (Å²) >= 11 is 0. The average molecular weight is 590 g/mol. The number of aromatic nitrogens is 3. The number of hydrogen-bond donors (Lipinski definition) is 0. The van der Waals surface area contributed by atoms with Gasteiger partial charge < -0.3 is 4.57 Å². The number of nitrogens with zero attached hydrogens (tertiary/aromatic N) is 3. The third-order valence-corrected chi connectivity index (χ3v) is 9.76. The molecule has 0 saturated heterocycles. The van der Waals surface area contributed by atoms with Crippen LogP contribution in [0.4, 0.5) is 0 Å². The van der Waals surface area contributed by atoms with Crippen LogP contribution < -0.4 is 0 Å². The Morgan fingerprint density at radius 3 is 1.93 bits per heavy atom. The van der Waals surface area contributed by atoms with Crippen molar-refractivity contribution in [3.05, 3.63) is 163 Å². The second-order valence-electron chi connectivity index (χ2n) is 12.7. The van der Waals surface area contributed by atoms with Crippen LogP contribution in [-0.2, 0) is 5.41 Å². The van der Waals surface area contributed by atoms with Crippen molar-refractivity contribution in [1.82, 2.24) is 14.5 Å². The van der Waals surface area contributed by atoms with Gasteiger partial charge in [0.15, 0.2) is 5.82 Å². The van der Waals surface area contributed by atoms with E-state index in [0.29, 0.717) is 0 Å². The molecular weight excluding hydrogens is 558 g/mol. The molecule has 1 aliphatic carbocycles. The van der Waals surface area contributed by atoms with E-state index < -0.39 is 0 Å². The lowest BCUT2D eigenvalue weighted by molar-refractivity contribution is 0.660. The fourth-order valence-corrected chi connectivity index (χ4v) is 7.45. The highest BCUT2D eigenvalue weighted by atomic mass is 15.0. The summed E-state index contributed by atoms with van der Waals surface area (Å²) < 4.78 is 2.39. The highest BCUT2D eigenvalue weighted by Crippen LogP contribution is 2.49. The third kappa shape index (κ3) is 3.98. The highest BCUT2D eigenvalue weighted by molar-refractivity contribution is 6.13. The van der Waals surface area contributed by atoms with Gasteiger partial charge in [0.1, 0.15) is 0 Å². The molecule has 0 radical (unpaired) electrons. The van der Waals surface area contributed by atoms with E-state index in [1.807, 2.05) is 6.07 Å². The zero-order valence-electron chi connectivity index (χ0n) is 25.8. The van der Waals surface area contributed by atoms with Crippen LogP contribution in [0.25, 0.3) is 72.3 Å². The second kappa shape index (κ2) is 10.1. The van der Waals surface area contributed by atoms with Gasteiger partial charge in [-0.15, -0.1) is 0 Å². The Labute approximate surface area is 268 Å². The first kappa shape index (κ1) is 26.6. The molecule has 0 fully saturated rings. The smallest absolute Gasteiger partial charge is 0.159 e. The van der Waals surface area contributed by atoms with Crippen molar-refractivity contribution >= 4 is 21.8 Å². The normalized spacial score (nSPS) is 13.2. The first-order chi connectivity index (χ1) is 22.6. The molecule has 0 amide bonds. The van der Waals surface area contributed by atoms with Crippen molar-refractivity contribution in [2.45, 2.75) is 19.3 Å². The molecule has 3 heteroatoms. The molecule has 2 heterocycles. The van der Waals surface area contributed by atoms with Crippen molar-refractivity contribution in [3.8, 4) is 50.5 Å². The van der Waals surface area contributed by atoms with Crippen LogP contribution in [0.3, 0.4) is 0 Å². The summed E-state index contributed by atoms with van der Waals surface area (Å²) in [5, 5.41) is 2.49. The van der Waals surface area contributed by atoms with Gasteiger partial charge in [0.25, 0.3) is 0 Å². The Morgan fingerprint density at radius 2 is 1.11 bits per heavy atom. The minimum absolute atomic E-state index is 0.0166. The minimum Gasteiger partial charge on any atom is -0.309 e. The molecular formula is C43H31N3. The Balaban J connectivity index is 1.15. The Hall–Kier alpha value is -5.80. The molecule has 8 aromatic rings. The van der Waals surface area contributed by atoms with Gasteiger partial charge in [-0.25, -0.2) is 9.97 Å². The lowest BCUT2D eigenvalue weighted by Gasteiger charge is -2.22. The molecule has 0 N–H and O–H groups in total. The molecule has 46 heavy (non-hydrogen) atoms. The SMILES string of the molecule is CC1(C)c2ccccc2-c2ccc(-c3ccc(-c4cccc5c6ccccc6n(-c6ccc(-c7ncccn7)cc6)c45)cc3)cc21. The van der Waals surface area contributed by atoms with E-state index in [9.17, 15) is 0 Å². The molecule has 3 nitrogen and oxygen atoms in total. The highest BCUT2D eigenvalue weighted by Gasteiger charge is 2.35. The zero-order chi connectivity index (χ0) is 30.8. The summed E-state index contributed by atoms with van der Waals surface area (Å²) in [5.41, 5.74) is 14.9. The molecule has 0 spiro atoms. The summed E-state index contributed by atoms with van der Waals surface area (Å²) in [5.74, 6) is 0.730. The fourth-order valence-electron chi connectivity index (χ4n) is 7.45. The third-order valence-electron chi connectivity index (χ3n) is 9.76. The van der Waals surface area contributed by atoms with E-state index in [1.165, 1.54) is 66.3 Å². The zero-order valence-corrected chi connectivity index (χ0v) is 25.8. The lowest BCUT2D eigenvalue weighted by atomic mass is 9.81. The largest absolute Gasteiger partial charge is 0.309 e. The summed E-state index contributed by atoms with van der Waals surface area (Å²) in [7, 11) is 0. The monoisotopic (exact) mass is 589 g/mol. The van der Waals surface area contributed by atoms with E-state index in [2.05, 4.69) is 162 Å². The van der Waals surface area contributed by atoms with E-state index in [1.54, 1.807) is 12.4 Å². The summed E-state index contributed by atoms with van der Waals surface area (Å²) in [4.78, 5) is 8.88. The quantitative estimate of drug-likeness (QED) is 0.204. The summed E-state index contributed by atoms with van der Waals surface area (Å²) in [6.07, 6.45) is 3.57. The number of fused-ring (bicyclic) bond motifs is 6. The van der Waals surface area contributed by atoms with E-state index in [4.69, 9.17) is 0 Å². The molecule has 0 bridgehead atoms. The van der Waals surface area contributed by atoms with Crippen LogP contribution in [0.1, 0.15) is 25.0 Å². The van der Waals surface area contributed by atoms with Gasteiger partial charge in [0.05, 0.1) is 11.0 Å². The average Bonchev–Trinajstić information content (AvgIpc) is 3.58. The number of hydrogen-bond acceptors (Lipinski definition) is 2. The van der Waals surface area contributed by atoms with Gasteiger partial charge in [0, 0.05) is 45.4 Å². The molecule has 0 atom stereocenters. The van der Waals surface area contributed by atoms with E-state index >= 15 is 0 Å². The van der Waals surface area contributed by atoms with Crippen LogP contribution in [0, 0.1) is 0 Å². The molecule has 6 aromatic carbocycles. The molecule has 0 unspecified atom stereocenters. The fraction of sp³-hybridized carbons (Fsp3) is 0.0698. The molecule has 2 aromatic heterocycles. The number of benzene rings is 6. The standard InChI is InChI=1S/C43H31N3/c1-43(2)38-13-5-3-9-34(38)35-24-21-31(27-39(35)43)28-15-17-29(18-16-28)33-11-7-12-37-36-10-4-6-14-40(36)46(41(33)37)32-22-19-30(20-23-32)42-44-25-8-26-45-42/h3-27H,1-2H3. The van der Waals surface area contributed by atoms with Crippen LogP contribution in [-0.4, -0.2) is 14.5 Å². The molecule has 9 rings (SSSR count). The van der Waals surface area contributed by atoms with Crippen molar-refractivity contribution in [2.24, 2.45) is 0 Å². The predicted molar refractivity (Wildman–Crippen MR) is 190 cm³/mol. The van der Waals surface area contributed by atoms with Crippen LogP contribution >= 0.6 is 0 Å². The first-order valence-electron chi connectivity index (χ1n) is 15.8. The minimum atomic E-state index is -0.0166. The van der Waals surface area contributed by atoms with Gasteiger partial charge >= 0.3 is 0 Å². The van der Waals surface area contributed by atoms with Crippen LogP contribution in [0.2, 0.25) is 0 Å². The molecule has 0 saturated carbocycles. The topological polar surface area (TPSA) is 30.7 Å². The predicted octanol–water partition coefficient (Wildman–Crippen LogP) is 10.9.